The normalized spacial score (nSPS) is 21.5. The smallest absolute Gasteiger partial charge is 0.265 e. The van der Waals surface area contributed by atoms with E-state index in [-0.39, 0.29) is 30.5 Å². The van der Waals surface area contributed by atoms with Crippen LogP contribution in [-0.4, -0.2) is 84.6 Å². The molecule has 1 atom stereocenters. The number of halogens is 1. The van der Waals surface area contributed by atoms with Crippen LogP contribution in [0.1, 0.15) is 94.4 Å². The van der Waals surface area contributed by atoms with Gasteiger partial charge in [0.05, 0.1) is 16.8 Å². The van der Waals surface area contributed by atoms with E-state index in [1.807, 2.05) is 13.0 Å². The first-order valence-electron chi connectivity index (χ1n) is 16.4. The van der Waals surface area contributed by atoms with Gasteiger partial charge in [-0.3, -0.25) is 39.6 Å². The van der Waals surface area contributed by atoms with Crippen LogP contribution in [-0.2, 0) is 9.59 Å². The number of hydrogen-bond acceptors (Lipinski definition) is 8. The molecule has 2 aromatic carbocycles. The van der Waals surface area contributed by atoms with Crippen LogP contribution in [0.5, 0.6) is 0 Å². The zero-order valence-corrected chi connectivity index (χ0v) is 26.1. The highest BCUT2D eigenvalue weighted by Crippen LogP contribution is 2.36. The van der Waals surface area contributed by atoms with Gasteiger partial charge in [-0.05, 0) is 93.3 Å². The fourth-order valence-electron chi connectivity index (χ4n) is 7.25. The fraction of sp³-hybridized carbons (Fsp3) is 0.500. The zero-order chi connectivity index (χ0) is 32.4. The molecule has 3 fully saturated rings. The number of benzene rings is 2. The lowest BCUT2D eigenvalue weighted by Gasteiger charge is -2.39. The quantitative estimate of drug-likeness (QED) is 0.219. The second kappa shape index (κ2) is 13.7. The lowest BCUT2D eigenvalue weighted by Crippen LogP contribution is -2.54. The molecule has 0 radical (unpaired) electrons. The highest BCUT2D eigenvalue weighted by atomic mass is 19.1. The third-order valence-corrected chi connectivity index (χ3v) is 9.78. The van der Waals surface area contributed by atoms with Crippen LogP contribution in [0.2, 0.25) is 0 Å². The minimum absolute atomic E-state index is 0.0866. The molecule has 0 bridgehead atoms. The molecule has 1 unspecified atom stereocenters. The second-order valence-electron chi connectivity index (χ2n) is 12.8. The number of imide groups is 2. The van der Waals surface area contributed by atoms with Crippen LogP contribution in [0.25, 0.3) is 0 Å². The fourth-order valence-corrected chi connectivity index (χ4v) is 7.25. The number of amides is 5. The maximum absolute atomic E-state index is 15.0. The van der Waals surface area contributed by atoms with E-state index in [2.05, 4.69) is 26.0 Å². The van der Waals surface area contributed by atoms with E-state index in [4.69, 9.17) is 0 Å². The largest absolute Gasteiger partial charge is 0.371 e. The highest BCUT2D eigenvalue weighted by Gasteiger charge is 2.46. The third-order valence-electron chi connectivity index (χ3n) is 9.78. The Labute approximate surface area is 267 Å². The molecule has 4 aliphatic rings. The molecular formula is C34H41FN6O5. The molecule has 3 saturated heterocycles. The summed E-state index contributed by atoms with van der Waals surface area (Å²) in [6.45, 7) is 6.86. The Morgan fingerprint density at radius 1 is 0.957 bits per heavy atom. The predicted molar refractivity (Wildman–Crippen MR) is 169 cm³/mol. The maximum Gasteiger partial charge on any atom is 0.265 e. The molecule has 0 aliphatic carbocycles. The van der Waals surface area contributed by atoms with E-state index >= 15 is 4.39 Å². The van der Waals surface area contributed by atoms with Gasteiger partial charge in [0, 0.05) is 38.2 Å². The average Bonchev–Trinajstić information content (AvgIpc) is 3.31. The van der Waals surface area contributed by atoms with Crippen molar-refractivity contribution in [2.75, 3.05) is 44.2 Å². The van der Waals surface area contributed by atoms with Gasteiger partial charge in [0.1, 0.15) is 11.9 Å². The zero-order valence-electron chi connectivity index (χ0n) is 26.1. The summed E-state index contributed by atoms with van der Waals surface area (Å²) in [6.07, 6.45) is 4.68. The lowest BCUT2D eigenvalue weighted by molar-refractivity contribution is -0.136. The van der Waals surface area contributed by atoms with Crippen molar-refractivity contribution in [3.05, 3.63) is 64.5 Å². The van der Waals surface area contributed by atoms with Gasteiger partial charge in [0.15, 0.2) is 0 Å². The Hall–Kier alpha value is -4.16. The average molecular weight is 633 g/mol. The van der Waals surface area contributed by atoms with Gasteiger partial charge >= 0.3 is 0 Å². The van der Waals surface area contributed by atoms with Gasteiger partial charge in [-0.15, -0.1) is 0 Å². The number of hydrazine groups is 1. The van der Waals surface area contributed by atoms with Gasteiger partial charge in [0.25, 0.3) is 17.7 Å². The van der Waals surface area contributed by atoms with Crippen LogP contribution < -0.4 is 21.1 Å². The van der Waals surface area contributed by atoms with Crippen molar-refractivity contribution in [3.8, 4) is 0 Å². The Balaban J connectivity index is 1.01. The topological polar surface area (TPSA) is 131 Å². The molecule has 0 saturated carbocycles. The number of nitrogens with zero attached hydrogens (tertiary/aromatic N) is 3. The molecule has 0 aromatic heterocycles. The number of likely N-dealkylation sites (tertiary alicyclic amines) is 1. The summed E-state index contributed by atoms with van der Waals surface area (Å²) in [7, 11) is 0. The Morgan fingerprint density at radius 2 is 1.72 bits per heavy atom. The van der Waals surface area contributed by atoms with Crippen LogP contribution in [0.15, 0.2) is 36.4 Å². The Kier molecular flexibility index (Phi) is 9.46. The van der Waals surface area contributed by atoms with Gasteiger partial charge in [0.2, 0.25) is 11.8 Å². The summed E-state index contributed by atoms with van der Waals surface area (Å²) >= 11 is 0. The lowest BCUT2D eigenvalue weighted by atomic mass is 9.87. The molecule has 11 nitrogen and oxygen atoms in total. The SMILES string of the molecule is CCCNNC(=O)c1ccc(C2CCN(CC3CCN(c4cccc5c4C(=O)N(C4CCC(=O)NC4=O)C5=O)CC3)CC2)c(F)c1. The van der Waals surface area contributed by atoms with Gasteiger partial charge in [-0.1, -0.05) is 19.1 Å². The number of fused-ring (bicyclic) bond motifs is 1. The molecular weight excluding hydrogens is 591 g/mol. The maximum atomic E-state index is 15.0. The number of hydrogen-bond donors (Lipinski definition) is 3. The van der Waals surface area contributed by atoms with E-state index in [9.17, 15) is 24.0 Å². The first-order valence-corrected chi connectivity index (χ1v) is 16.4. The minimum Gasteiger partial charge on any atom is -0.371 e. The number of anilines is 1. The molecule has 12 heteroatoms. The number of nitrogens with one attached hydrogen (secondary N) is 3. The summed E-state index contributed by atoms with van der Waals surface area (Å²) < 4.78 is 15.0. The van der Waals surface area contributed by atoms with Crippen molar-refractivity contribution in [3.63, 3.8) is 0 Å². The van der Waals surface area contributed by atoms with E-state index in [0.717, 1.165) is 69.7 Å². The highest BCUT2D eigenvalue weighted by molar-refractivity contribution is 6.25. The second-order valence-corrected chi connectivity index (χ2v) is 12.8. The third kappa shape index (κ3) is 6.41. The molecule has 4 heterocycles. The number of carbonyl (C=O) groups excluding carboxylic acids is 5. The van der Waals surface area contributed by atoms with Crippen LogP contribution in [0.3, 0.4) is 0 Å². The molecule has 46 heavy (non-hydrogen) atoms. The van der Waals surface area contributed by atoms with E-state index in [1.54, 1.807) is 24.3 Å². The van der Waals surface area contributed by atoms with Gasteiger partial charge in [-0.2, -0.15) is 0 Å². The molecule has 3 N–H and O–H groups in total. The number of piperidine rings is 3. The Morgan fingerprint density at radius 3 is 2.41 bits per heavy atom. The minimum atomic E-state index is -0.983. The van der Waals surface area contributed by atoms with Crippen molar-refractivity contribution >= 4 is 35.2 Å². The molecule has 2 aromatic rings. The monoisotopic (exact) mass is 632 g/mol. The standard InChI is InChI=1S/C34H41FN6O5/c1-2-14-36-38-31(43)23-6-7-24(26(35)19-23)22-12-15-39(16-13-22)20-21-10-17-40(18-11-21)27-5-3-4-25-30(27)34(46)41(33(25)45)28-8-9-29(42)37-32(28)44/h3-7,19,21-22,28,36H,2,8-18,20H2,1H3,(H,38,43)(H,37,42,44). The van der Waals surface area contributed by atoms with Crippen molar-refractivity contribution in [2.45, 2.75) is 63.8 Å². The Bertz CT molecular complexity index is 1530. The van der Waals surface area contributed by atoms with Gasteiger partial charge < -0.3 is 9.80 Å². The summed E-state index contributed by atoms with van der Waals surface area (Å²) in [6, 6.07) is 9.07. The van der Waals surface area contributed by atoms with Crippen LogP contribution in [0, 0.1) is 11.7 Å². The molecule has 4 aliphatic heterocycles. The summed E-state index contributed by atoms with van der Waals surface area (Å²) in [4.78, 5) is 68.8. The summed E-state index contributed by atoms with van der Waals surface area (Å²) in [5, 5.41) is 2.25. The van der Waals surface area contributed by atoms with E-state index < -0.39 is 29.7 Å². The van der Waals surface area contributed by atoms with Gasteiger partial charge in [-0.25, -0.2) is 9.82 Å². The first-order chi connectivity index (χ1) is 22.2. The molecule has 0 spiro atoms. The van der Waals surface area contributed by atoms with E-state index in [1.165, 1.54) is 6.07 Å². The molecule has 5 amide bonds. The molecule has 244 valence electrons. The van der Waals surface area contributed by atoms with Crippen molar-refractivity contribution in [2.24, 2.45) is 5.92 Å². The van der Waals surface area contributed by atoms with Crippen molar-refractivity contribution < 1.29 is 28.4 Å². The van der Waals surface area contributed by atoms with Crippen molar-refractivity contribution in [1.29, 1.82) is 0 Å². The first kappa shape index (κ1) is 31.8. The van der Waals surface area contributed by atoms with E-state index in [0.29, 0.717) is 40.4 Å². The predicted octanol–water partition coefficient (Wildman–Crippen LogP) is 2.97. The van der Waals surface area contributed by atoms with Crippen LogP contribution >= 0.6 is 0 Å². The summed E-state index contributed by atoms with van der Waals surface area (Å²) in [5.74, 6) is -2.05. The number of rotatable bonds is 9. The summed E-state index contributed by atoms with van der Waals surface area (Å²) in [5.41, 5.74) is 7.76. The molecule has 6 rings (SSSR count). The van der Waals surface area contributed by atoms with Crippen LogP contribution in [0.4, 0.5) is 10.1 Å². The number of carbonyl (C=O) groups is 5. The van der Waals surface area contributed by atoms with Crippen molar-refractivity contribution in [1.82, 2.24) is 26.0 Å².